The number of likely N-dealkylation sites (tertiary alicyclic amines) is 1. The number of hydrogen-bond acceptors (Lipinski definition) is 6. The lowest BCUT2D eigenvalue weighted by Crippen LogP contribution is -2.53. The molecule has 0 saturated carbocycles. The second-order valence-corrected chi connectivity index (χ2v) is 10.6. The van der Waals surface area contributed by atoms with Crippen LogP contribution >= 0.6 is 0 Å². The van der Waals surface area contributed by atoms with E-state index in [9.17, 15) is 19.5 Å². The number of nitrogens with zero attached hydrogens (tertiary/aromatic N) is 2. The molecule has 2 bridgehead atoms. The Labute approximate surface area is 229 Å². The standard InChI is InChI=1S/C30H38N4O5/c1-3-33(4-2)22-14-12-21(13-15-22)32-28(37)26-30-17-16-23(39-30)24(27(36)31-20-10-6-5-7-11-20)25(30)29(38)34(26)18-8-9-19-35/h5-7,10-15,23-26,35H,3-4,8-9,16-19H2,1-2H3,(H,31,36)(H,32,37)/t23-,24+,25-,26?,30?/m0/s1. The van der Waals surface area contributed by atoms with Crippen molar-refractivity contribution in [2.75, 3.05) is 41.8 Å². The van der Waals surface area contributed by atoms with Gasteiger partial charge in [0.15, 0.2) is 0 Å². The molecule has 2 aromatic carbocycles. The van der Waals surface area contributed by atoms with E-state index in [4.69, 9.17) is 4.74 Å². The van der Waals surface area contributed by atoms with Crippen molar-refractivity contribution in [1.29, 1.82) is 0 Å². The van der Waals surface area contributed by atoms with E-state index in [1.54, 1.807) is 17.0 Å². The number of ether oxygens (including phenoxy) is 1. The van der Waals surface area contributed by atoms with Crippen LogP contribution in [-0.4, -0.2) is 71.7 Å². The van der Waals surface area contributed by atoms with Crippen molar-refractivity contribution in [3.63, 3.8) is 0 Å². The number of hydrogen-bond donors (Lipinski definition) is 3. The maximum Gasteiger partial charge on any atom is 0.250 e. The Balaban J connectivity index is 1.40. The van der Waals surface area contributed by atoms with Gasteiger partial charge in [0.2, 0.25) is 17.7 Å². The van der Waals surface area contributed by atoms with Gasteiger partial charge in [0.25, 0.3) is 0 Å². The van der Waals surface area contributed by atoms with Gasteiger partial charge >= 0.3 is 0 Å². The molecule has 208 valence electrons. The van der Waals surface area contributed by atoms with Gasteiger partial charge in [0, 0.05) is 43.3 Å². The minimum atomic E-state index is -1.05. The minimum absolute atomic E-state index is 0.00698. The summed E-state index contributed by atoms with van der Waals surface area (Å²) in [6.45, 7) is 6.29. The van der Waals surface area contributed by atoms with Crippen molar-refractivity contribution in [2.24, 2.45) is 11.8 Å². The summed E-state index contributed by atoms with van der Waals surface area (Å²) in [5.74, 6) is -2.18. The highest BCUT2D eigenvalue weighted by atomic mass is 16.5. The van der Waals surface area contributed by atoms with Crippen LogP contribution in [0.1, 0.15) is 39.5 Å². The van der Waals surface area contributed by atoms with Gasteiger partial charge in [-0.15, -0.1) is 0 Å². The number of fused-ring (bicyclic) bond motifs is 1. The summed E-state index contributed by atoms with van der Waals surface area (Å²) in [7, 11) is 0. The van der Waals surface area contributed by atoms with Crippen LogP contribution < -0.4 is 15.5 Å². The van der Waals surface area contributed by atoms with E-state index in [1.165, 1.54) is 0 Å². The van der Waals surface area contributed by atoms with Gasteiger partial charge in [0.05, 0.1) is 17.9 Å². The monoisotopic (exact) mass is 534 g/mol. The first-order chi connectivity index (χ1) is 18.9. The van der Waals surface area contributed by atoms with Crippen molar-refractivity contribution in [3.8, 4) is 0 Å². The first-order valence-electron chi connectivity index (χ1n) is 14.0. The lowest BCUT2D eigenvalue weighted by Gasteiger charge is -2.33. The molecule has 9 heteroatoms. The third-order valence-corrected chi connectivity index (χ3v) is 8.46. The third-order valence-electron chi connectivity index (χ3n) is 8.46. The number of carbonyl (C=O) groups is 3. The Morgan fingerprint density at radius 2 is 1.67 bits per heavy atom. The highest BCUT2D eigenvalue weighted by Crippen LogP contribution is 2.58. The van der Waals surface area contributed by atoms with Gasteiger partial charge in [0.1, 0.15) is 11.6 Å². The summed E-state index contributed by atoms with van der Waals surface area (Å²) in [5.41, 5.74) is 1.32. The average molecular weight is 535 g/mol. The fourth-order valence-electron chi connectivity index (χ4n) is 6.69. The summed E-state index contributed by atoms with van der Waals surface area (Å²) < 4.78 is 6.47. The van der Waals surface area contributed by atoms with Crippen LogP contribution in [-0.2, 0) is 19.1 Å². The van der Waals surface area contributed by atoms with Crippen LogP contribution in [0.4, 0.5) is 17.1 Å². The van der Waals surface area contributed by atoms with Crippen LogP contribution in [0, 0.1) is 11.8 Å². The molecule has 3 heterocycles. The molecule has 39 heavy (non-hydrogen) atoms. The predicted octanol–water partition coefficient (Wildman–Crippen LogP) is 3.26. The molecule has 3 aliphatic rings. The zero-order valence-electron chi connectivity index (χ0n) is 22.6. The Kier molecular flexibility index (Phi) is 7.91. The smallest absolute Gasteiger partial charge is 0.250 e. The quantitative estimate of drug-likeness (QED) is 0.382. The van der Waals surface area contributed by atoms with Gasteiger partial charge < -0.3 is 30.3 Å². The highest BCUT2D eigenvalue weighted by Gasteiger charge is 2.74. The summed E-state index contributed by atoms with van der Waals surface area (Å²) in [6, 6.07) is 16.0. The molecule has 3 fully saturated rings. The molecule has 3 N–H and O–H groups in total. The second-order valence-electron chi connectivity index (χ2n) is 10.6. The van der Waals surface area contributed by atoms with E-state index in [0.717, 1.165) is 18.8 Å². The zero-order valence-corrected chi connectivity index (χ0v) is 22.6. The van der Waals surface area contributed by atoms with Crippen LogP contribution in [0.2, 0.25) is 0 Å². The maximum atomic E-state index is 13.9. The van der Waals surface area contributed by atoms with Gasteiger partial charge in [-0.3, -0.25) is 14.4 Å². The van der Waals surface area contributed by atoms with Crippen molar-refractivity contribution in [2.45, 2.75) is 57.3 Å². The Bertz CT molecular complexity index is 1190. The molecule has 1 spiro atoms. The summed E-state index contributed by atoms with van der Waals surface area (Å²) in [5, 5.41) is 15.3. The van der Waals surface area contributed by atoms with E-state index in [2.05, 4.69) is 29.4 Å². The number of aliphatic hydroxyl groups excluding tert-OH is 1. The van der Waals surface area contributed by atoms with Crippen LogP contribution in [0.3, 0.4) is 0 Å². The van der Waals surface area contributed by atoms with E-state index in [1.807, 2.05) is 42.5 Å². The van der Waals surface area contributed by atoms with E-state index < -0.39 is 29.6 Å². The van der Waals surface area contributed by atoms with Crippen molar-refractivity contribution in [1.82, 2.24) is 4.90 Å². The van der Waals surface area contributed by atoms with E-state index >= 15 is 0 Å². The summed E-state index contributed by atoms with van der Waals surface area (Å²) >= 11 is 0. The molecule has 5 rings (SSSR count). The molecular weight excluding hydrogens is 496 g/mol. The van der Waals surface area contributed by atoms with Gasteiger partial charge in [-0.1, -0.05) is 18.2 Å². The van der Waals surface area contributed by atoms with Gasteiger partial charge in [-0.2, -0.15) is 0 Å². The molecule has 5 atom stereocenters. The van der Waals surface area contributed by atoms with Crippen LogP contribution in [0.5, 0.6) is 0 Å². The number of aliphatic hydroxyl groups is 1. The SMILES string of the molecule is CCN(CC)c1ccc(NC(=O)C2N(CCCCO)C(=O)[C@@H]3[C@H](C(=O)Nc4ccccc4)[C@@H]4CCC23O4)cc1. The second kappa shape index (κ2) is 11.4. The van der Waals surface area contributed by atoms with Gasteiger partial charge in [-0.25, -0.2) is 0 Å². The number of benzene rings is 2. The lowest BCUT2D eigenvalue weighted by molar-refractivity contribution is -0.139. The van der Waals surface area contributed by atoms with E-state index in [-0.39, 0.29) is 24.3 Å². The molecule has 9 nitrogen and oxygen atoms in total. The molecule has 2 unspecified atom stereocenters. The number of carbonyl (C=O) groups excluding carboxylic acids is 3. The molecule has 0 radical (unpaired) electrons. The third kappa shape index (κ3) is 4.89. The number of unbranched alkanes of at least 4 members (excludes halogenated alkanes) is 1. The number of rotatable bonds is 11. The summed E-state index contributed by atoms with van der Waals surface area (Å²) in [4.78, 5) is 45.1. The fraction of sp³-hybridized carbons (Fsp3) is 0.500. The maximum absolute atomic E-state index is 13.9. The fourth-order valence-corrected chi connectivity index (χ4v) is 6.69. The average Bonchev–Trinajstić information content (AvgIpc) is 3.58. The van der Waals surface area contributed by atoms with Crippen LogP contribution in [0.25, 0.3) is 0 Å². The first kappa shape index (κ1) is 27.1. The molecule has 0 aliphatic carbocycles. The normalized spacial score (nSPS) is 26.9. The van der Waals surface area contributed by atoms with Crippen LogP contribution in [0.15, 0.2) is 54.6 Å². The largest absolute Gasteiger partial charge is 0.396 e. The number of anilines is 3. The van der Waals surface area contributed by atoms with Crippen molar-refractivity contribution >= 4 is 34.8 Å². The minimum Gasteiger partial charge on any atom is -0.396 e. The Hall–Kier alpha value is -3.43. The Morgan fingerprint density at radius 1 is 1.00 bits per heavy atom. The van der Waals surface area contributed by atoms with E-state index in [0.29, 0.717) is 43.6 Å². The molecule has 3 saturated heterocycles. The van der Waals surface area contributed by atoms with Crippen molar-refractivity contribution in [3.05, 3.63) is 54.6 Å². The molecule has 2 aromatic rings. The molecule has 3 amide bonds. The highest BCUT2D eigenvalue weighted by molar-refractivity contribution is 6.05. The predicted molar refractivity (Wildman–Crippen MR) is 149 cm³/mol. The number of para-hydroxylation sites is 1. The molecule has 3 aliphatic heterocycles. The van der Waals surface area contributed by atoms with Crippen molar-refractivity contribution < 1.29 is 24.2 Å². The Morgan fingerprint density at radius 3 is 2.33 bits per heavy atom. The topological polar surface area (TPSA) is 111 Å². The first-order valence-corrected chi connectivity index (χ1v) is 14.0. The number of amides is 3. The lowest BCUT2D eigenvalue weighted by atomic mass is 9.70. The summed E-state index contributed by atoms with van der Waals surface area (Å²) in [6.07, 6.45) is 1.81. The molecular formula is C30H38N4O5. The molecule has 0 aromatic heterocycles. The van der Waals surface area contributed by atoms with Gasteiger partial charge in [-0.05, 0) is 75.9 Å². The number of nitrogens with one attached hydrogen (secondary N) is 2. The zero-order chi connectivity index (χ0) is 27.6.